The van der Waals surface area contributed by atoms with E-state index < -0.39 is 0 Å². The van der Waals surface area contributed by atoms with Crippen molar-refractivity contribution in [3.8, 4) is 0 Å². The van der Waals surface area contributed by atoms with Gasteiger partial charge in [0.2, 0.25) is 11.9 Å². The maximum Gasteiger partial charge on any atom is 0.224 e. The fraction of sp³-hybridized carbons (Fsp3) is 0.808. The number of hydrogen-bond acceptors (Lipinski definition) is 6. The number of aromatic nitrogens is 2. The van der Waals surface area contributed by atoms with Gasteiger partial charge in [0.25, 0.3) is 0 Å². The smallest absolute Gasteiger partial charge is 0.224 e. The van der Waals surface area contributed by atoms with Crippen LogP contribution in [0.2, 0.25) is 0 Å². The summed E-state index contributed by atoms with van der Waals surface area (Å²) in [7, 11) is 0. The molecule has 1 unspecified atom stereocenters. The first-order chi connectivity index (χ1) is 16.1. The van der Waals surface area contributed by atoms with Crippen LogP contribution >= 0.6 is 0 Å². The summed E-state index contributed by atoms with van der Waals surface area (Å²) in [6, 6.07) is 3.02. The van der Waals surface area contributed by atoms with E-state index in [1.165, 1.54) is 44.9 Å². The summed E-state index contributed by atoms with van der Waals surface area (Å²) in [5, 5.41) is 3.68. The van der Waals surface area contributed by atoms with Crippen molar-refractivity contribution < 1.29 is 4.79 Å². The second kappa shape index (κ2) is 12.0. The second-order valence-electron chi connectivity index (χ2n) is 10.7. The number of piperidine rings is 1. The minimum atomic E-state index is 0.334. The van der Waals surface area contributed by atoms with Gasteiger partial charge in [0, 0.05) is 57.4 Å². The number of rotatable bonds is 6. The molecule has 0 bridgehead atoms. The van der Waals surface area contributed by atoms with E-state index in [4.69, 9.17) is 4.98 Å². The molecule has 184 valence electrons. The Labute approximate surface area is 200 Å². The van der Waals surface area contributed by atoms with Gasteiger partial charge in [-0.15, -0.1) is 0 Å². The Morgan fingerprint density at radius 2 is 1.73 bits per heavy atom. The van der Waals surface area contributed by atoms with Crippen molar-refractivity contribution in [1.29, 1.82) is 0 Å². The summed E-state index contributed by atoms with van der Waals surface area (Å²) in [5.74, 6) is 2.61. The van der Waals surface area contributed by atoms with Gasteiger partial charge in [-0.1, -0.05) is 33.1 Å². The molecule has 33 heavy (non-hydrogen) atoms. The molecule has 0 radical (unpaired) electrons. The highest BCUT2D eigenvalue weighted by atomic mass is 16.2. The molecule has 3 aliphatic heterocycles. The van der Waals surface area contributed by atoms with Crippen molar-refractivity contribution in [2.45, 2.75) is 90.1 Å². The van der Waals surface area contributed by atoms with Gasteiger partial charge >= 0.3 is 0 Å². The van der Waals surface area contributed by atoms with Gasteiger partial charge in [0.1, 0.15) is 5.82 Å². The molecule has 0 aliphatic carbocycles. The first-order valence-electron chi connectivity index (χ1n) is 13.4. The Hall–Kier alpha value is -1.89. The molecule has 3 saturated heterocycles. The monoisotopic (exact) mass is 456 g/mol. The summed E-state index contributed by atoms with van der Waals surface area (Å²) < 4.78 is 0. The van der Waals surface area contributed by atoms with Crippen LogP contribution in [0.3, 0.4) is 0 Å². The lowest BCUT2D eigenvalue weighted by molar-refractivity contribution is -0.133. The van der Waals surface area contributed by atoms with Crippen molar-refractivity contribution in [3.05, 3.63) is 12.3 Å². The van der Waals surface area contributed by atoms with Crippen molar-refractivity contribution in [3.63, 3.8) is 0 Å². The fourth-order valence-electron chi connectivity index (χ4n) is 5.66. The lowest BCUT2D eigenvalue weighted by atomic mass is 10.0. The van der Waals surface area contributed by atoms with E-state index in [-0.39, 0.29) is 0 Å². The van der Waals surface area contributed by atoms with Crippen molar-refractivity contribution >= 4 is 17.7 Å². The molecular formula is C26H44N6O. The molecule has 3 fully saturated rings. The van der Waals surface area contributed by atoms with Gasteiger partial charge in [-0.25, -0.2) is 4.98 Å². The van der Waals surface area contributed by atoms with Crippen LogP contribution < -0.4 is 10.2 Å². The van der Waals surface area contributed by atoms with Crippen LogP contribution in [0, 0.1) is 5.92 Å². The SMILES string of the molecule is CC(C)CC(=O)N1CCC(N2CCCCC(Nc3nccc(N4CCCCCC4)n3)C2)CC1. The Kier molecular flexibility index (Phi) is 8.82. The van der Waals surface area contributed by atoms with Crippen molar-refractivity contribution in [1.82, 2.24) is 19.8 Å². The number of likely N-dealkylation sites (tertiary alicyclic amines) is 2. The number of nitrogens with one attached hydrogen (secondary N) is 1. The zero-order chi connectivity index (χ0) is 23.0. The van der Waals surface area contributed by atoms with Crippen LogP contribution in [0.1, 0.15) is 78.1 Å². The van der Waals surface area contributed by atoms with Crippen LogP contribution in [0.15, 0.2) is 12.3 Å². The number of carbonyl (C=O) groups excluding carboxylic acids is 1. The maximum absolute atomic E-state index is 12.4. The zero-order valence-electron chi connectivity index (χ0n) is 20.8. The number of amides is 1. The largest absolute Gasteiger partial charge is 0.356 e. The summed E-state index contributed by atoms with van der Waals surface area (Å²) in [4.78, 5) is 29.1. The van der Waals surface area contributed by atoms with E-state index in [2.05, 4.69) is 44.9 Å². The molecule has 1 aromatic rings. The molecule has 1 aromatic heterocycles. The third-order valence-electron chi connectivity index (χ3n) is 7.52. The van der Waals surface area contributed by atoms with Crippen LogP contribution in [0.4, 0.5) is 11.8 Å². The summed E-state index contributed by atoms with van der Waals surface area (Å²) in [6.07, 6.45) is 13.6. The van der Waals surface area contributed by atoms with E-state index in [0.29, 0.717) is 30.3 Å². The Balaban J connectivity index is 1.32. The predicted octanol–water partition coefficient (Wildman–Crippen LogP) is 4.16. The van der Waals surface area contributed by atoms with E-state index in [1.54, 1.807) is 0 Å². The molecule has 1 N–H and O–H groups in total. The molecule has 7 heteroatoms. The Bertz CT molecular complexity index is 740. The summed E-state index contributed by atoms with van der Waals surface area (Å²) in [6.45, 7) is 10.5. The molecule has 7 nitrogen and oxygen atoms in total. The molecule has 0 aromatic carbocycles. The van der Waals surface area contributed by atoms with Crippen LogP contribution in [-0.4, -0.2) is 77.0 Å². The molecule has 4 heterocycles. The number of carbonyl (C=O) groups is 1. The topological polar surface area (TPSA) is 64.6 Å². The van der Waals surface area contributed by atoms with E-state index in [0.717, 1.165) is 63.9 Å². The lowest BCUT2D eigenvalue weighted by Gasteiger charge is -2.39. The quantitative estimate of drug-likeness (QED) is 0.693. The standard InChI is InChI=1S/C26H44N6O/c1-21(2)19-25(33)31-17-11-23(12-18-31)32-16-8-5-9-22(20-32)28-26-27-13-10-24(29-26)30-14-6-3-4-7-15-30/h10,13,21-23H,3-9,11-12,14-20H2,1-2H3,(H,27,28,29). The zero-order valence-corrected chi connectivity index (χ0v) is 20.8. The number of nitrogens with zero attached hydrogens (tertiary/aromatic N) is 5. The van der Waals surface area contributed by atoms with Crippen molar-refractivity contribution in [2.75, 3.05) is 49.5 Å². The minimum absolute atomic E-state index is 0.334. The molecule has 0 spiro atoms. The average Bonchev–Trinajstić information content (AvgIpc) is 3.22. The van der Waals surface area contributed by atoms with Crippen LogP contribution in [-0.2, 0) is 4.79 Å². The molecule has 0 saturated carbocycles. The Morgan fingerprint density at radius 3 is 2.45 bits per heavy atom. The normalized spacial score (nSPS) is 23.9. The van der Waals surface area contributed by atoms with E-state index >= 15 is 0 Å². The molecule has 1 amide bonds. The van der Waals surface area contributed by atoms with Gasteiger partial charge in [0.15, 0.2) is 0 Å². The molecule has 1 atom stereocenters. The molecule has 3 aliphatic rings. The highest BCUT2D eigenvalue weighted by Gasteiger charge is 2.29. The van der Waals surface area contributed by atoms with Gasteiger partial charge in [-0.05, 0) is 57.1 Å². The third-order valence-corrected chi connectivity index (χ3v) is 7.52. The third kappa shape index (κ3) is 7.05. The first-order valence-corrected chi connectivity index (χ1v) is 13.4. The minimum Gasteiger partial charge on any atom is -0.356 e. The second-order valence-corrected chi connectivity index (χ2v) is 10.7. The van der Waals surface area contributed by atoms with E-state index in [1.807, 2.05) is 6.20 Å². The summed E-state index contributed by atoms with van der Waals surface area (Å²) >= 11 is 0. The maximum atomic E-state index is 12.4. The van der Waals surface area contributed by atoms with Gasteiger partial charge < -0.3 is 15.1 Å². The highest BCUT2D eigenvalue weighted by molar-refractivity contribution is 5.76. The van der Waals surface area contributed by atoms with E-state index in [9.17, 15) is 4.79 Å². The molecule has 4 rings (SSSR count). The summed E-state index contributed by atoms with van der Waals surface area (Å²) in [5.41, 5.74) is 0. The van der Waals surface area contributed by atoms with Crippen molar-refractivity contribution in [2.24, 2.45) is 5.92 Å². The fourth-order valence-corrected chi connectivity index (χ4v) is 5.66. The average molecular weight is 457 g/mol. The highest BCUT2D eigenvalue weighted by Crippen LogP contribution is 2.24. The van der Waals surface area contributed by atoms with Crippen LogP contribution in [0.25, 0.3) is 0 Å². The van der Waals surface area contributed by atoms with Gasteiger partial charge in [-0.2, -0.15) is 4.98 Å². The number of anilines is 2. The lowest BCUT2D eigenvalue weighted by Crippen LogP contribution is -2.49. The Morgan fingerprint density at radius 1 is 1.00 bits per heavy atom. The van der Waals surface area contributed by atoms with Gasteiger partial charge in [-0.3, -0.25) is 9.69 Å². The van der Waals surface area contributed by atoms with Gasteiger partial charge in [0.05, 0.1) is 0 Å². The van der Waals surface area contributed by atoms with Crippen LogP contribution in [0.5, 0.6) is 0 Å². The number of hydrogen-bond donors (Lipinski definition) is 1. The predicted molar refractivity (Wildman–Crippen MR) is 135 cm³/mol. The molecular weight excluding hydrogens is 412 g/mol. The first kappa shape index (κ1) is 24.2.